The number of carbonyl (C=O) groups excluding carboxylic acids is 1. The van der Waals surface area contributed by atoms with Crippen LogP contribution in [0.1, 0.15) is 30.6 Å². The van der Waals surface area contributed by atoms with Crippen LogP contribution >= 0.6 is 11.6 Å². The van der Waals surface area contributed by atoms with Gasteiger partial charge < -0.3 is 24.0 Å². The molecule has 11 heteroatoms. The molecule has 0 saturated carbocycles. The molecule has 3 atom stereocenters. The first-order valence-corrected chi connectivity index (χ1v) is 14.4. The summed E-state index contributed by atoms with van der Waals surface area (Å²) in [7, 11) is 2.65. The molecule has 0 heterocycles. The Labute approximate surface area is 251 Å². The first kappa shape index (κ1) is 31.0. The fourth-order valence-electron chi connectivity index (χ4n) is 4.93. The third-order valence-corrected chi connectivity index (χ3v) is 7.82. The molecule has 2 unspecified atom stereocenters. The van der Waals surface area contributed by atoms with Gasteiger partial charge in [0.15, 0.2) is 6.10 Å². The summed E-state index contributed by atoms with van der Waals surface area (Å²) >= 11 is 3.52. The molecule has 4 aromatic rings. The van der Waals surface area contributed by atoms with Crippen LogP contribution in [0.2, 0.25) is 5.02 Å². The van der Waals surface area contributed by atoms with E-state index in [0.717, 1.165) is 20.9 Å². The molecule has 1 N–H and O–H groups in total. The number of nitrogens with zero attached hydrogens (tertiary/aromatic N) is 2. The fourth-order valence-corrected chi connectivity index (χ4v) is 5.76. The molecule has 9 nitrogen and oxygen atoms in total. The van der Waals surface area contributed by atoms with Crippen molar-refractivity contribution < 1.29 is 32.9 Å². The average molecular weight is 610 g/mol. The lowest BCUT2D eigenvalue weighted by molar-refractivity contribution is -0.152. The largest absolute Gasteiger partial charge is 0.755 e. The molecule has 0 amide bonds. The second kappa shape index (κ2) is 13.8. The summed E-state index contributed by atoms with van der Waals surface area (Å²) in [4.78, 5) is 25.7. The number of ether oxygens (including phenoxy) is 2. The van der Waals surface area contributed by atoms with Gasteiger partial charge in [-0.3, -0.25) is 13.3 Å². The van der Waals surface area contributed by atoms with Gasteiger partial charge in [-0.1, -0.05) is 60.1 Å². The van der Waals surface area contributed by atoms with Crippen LogP contribution in [0.25, 0.3) is 10.8 Å². The highest BCUT2D eigenvalue weighted by molar-refractivity contribution is 7.81. The first-order valence-electron chi connectivity index (χ1n) is 13.0. The van der Waals surface area contributed by atoms with Gasteiger partial charge in [0.1, 0.15) is 0 Å². The number of methoxy groups -OCH3 is 2. The Morgan fingerprint density at radius 3 is 2.17 bits per heavy atom. The zero-order valence-corrected chi connectivity index (χ0v) is 24.8. The lowest BCUT2D eigenvalue weighted by Gasteiger charge is -2.34. The van der Waals surface area contributed by atoms with Crippen LogP contribution in [0.4, 0.5) is 17.1 Å². The standard InChI is InChI=1S/C31H31ClN2O7S/c1-20(17-29(35)36)33(19-21-7-6-8-23(32)18-21)27-15-16-28(26-10-5-4-9-25(26)27)34(42(38)39)24-13-11-22(12-14-24)30(40-2)31(37)41-3/h4-16,18,20,30H,17,19H2,1-3H3,(H,35,36)(H,38,39)/p-1/t20-,30?/m0/s1. The molecule has 0 saturated heterocycles. The summed E-state index contributed by atoms with van der Waals surface area (Å²) in [5, 5.41) is 11.5. The zero-order valence-electron chi connectivity index (χ0n) is 23.2. The smallest absolute Gasteiger partial charge is 0.339 e. The number of carboxylic acid groups (broad SMARTS) is 1. The van der Waals surface area contributed by atoms with Crippen LogP contribution in [0, 0.1) is 0 Å². The van der Waals surface area contributed by atoms with Gasteiger partial charge in [-0.15, -0.1) is 0 Å². The highest BCUT2D eigenvalue weighted by atomic mass is 35.5. The number of rotatable bonds is 12. The number of aliphatic carboxylic acids is 1. The van der Waals surface area contributed by atoms with Gasteiger partial charge in [-0.05, 0) is 54.4 Å². The van der Waals surface area contributed by atoms with E-state index in [2.05, 4.69) is 0 Å². The molecule has 42 heavy (non-hydrogen) atoms. The van der Waals surface area contributed by atoms with Gasteiger partial charge >= 0.3 is 11.9 Å². The van der Waals surface area contributed by atoms with E-state index < -0.39 is 35.4 Å². The van der Waals surface area contributed by atoms with Gasteiger partial charge in [-0.2, -0.15) is 0 Å². The Kier molecular flexibility index (Phi) is 10.2. The van der Waals surface area contributed by atoms with Crippen LogP contribution in [0.3, 0.4) is 0 Å². The topological polar surface area (TPSA) is 119 Å². The van der Waals surface area contributed by atoms with Crippen molar-refractivity contribution in [1.82, 2.24) is 0 Å². The maximum absolute atomic E-state index is 12.6. The molecule has 0 aliphatic heterocycles. The van der Waals surface area contributed by atoms with Crippen molar-refractivity contribution >= 4 is 62.6 Å². The molecule has 0 spiro atoms. The number of hydrogen-bond acceptors (Lipinski definition) is 7. The average Bonchev–Trinajstić information content (AvgIpc) is 2.97. The van der Waals surface area contributed by atoms with Gasteiger partial charge in [0.05, 0.1) is 36.2 Å². The zero-order chi connectivity index (χ0) is 30.4. The highest BCUT2D eigenvalue weighted by Gasteiger charge is 2.24. The molecule has 0 aliphatic carbocycles. The number of halogens is 1. The minimum atomic E-state index is -2.70. The summed E-state index contributed by atoms with van der Waals surface area (Å²) in [6, 6.07) is 24.2. The van der Waals surface area contributed by atoms with E-state index in [1.165, 1.54) is 14.2 Å². The van der Waals surface area contributed by atoms with Crippen LogP contribution < -0.4 is 9.21 Å². The summed E-state index contributed by atoms with van der Waals surface area (Å²) in [6.07, 6.45) is -1.05. The maximum Gasteiger partial charge on any atom is 0.339 e. The van der Waals surface area contributed by atoms with Crippen LogP contribution in [-0.2, 0) is 36.9 Å². The highest BCUT2D eigenvalue weighted by Crippen LogP contribution is 2.39. The Balaban J connectivity index is 1.81. The van der Waals surface area contributed by atoms with E-state index in [0.29, 0.717) is 33.9 Å². The SMILES string of the molecule is COC(=O)C(OC)c1ccc(N(c2ccc(N(Cc3cccc(Cl)c3)[C@@H](C)CC(=O)O)c3ccccc23)S(=O)[O-])cc1. The third kappa shape index (κ3) is 6.91. The van der Waals surface area contributed by atoms with Gasteiger partial charge in [0.2, 0.25) is 0 Å². The van der Waals surface area contributed by atoms with Crippen molar-refractivity contribution in [3.63, 3.8) is 0 Å². The van der Waals surface area contributed by atoms with Crippen LogP contribution in [-0.4, -0.2) is 46.1 Å². The van der Waals surface area contributed by atoms with Crippen LogP contribution in [0.5, 0.6) is 0 Å². The van der Waals surface area contributed by atoms with E-state index in [9.17, 15) is 23.5 Å². The van der Waals surface area contributed by atoms with Crippen molar-refractivity contribution in [3.8, 4) is 0 Å². The second-order valence-electron chi connectivity index (χ2n) is 9.60. The third-order valence-electron chi connectivity index (χ3n) is 6.88. The molecule has 0 aromatic heterocycles. The molecule has 4 aromatic carbocycles. The Bertz CT molecular complexity index is 1600. The monoisotopic (exact) mass is 609 g/mol. The quantitative estimate of drug-likeness (QED) is 0.150. The molecule has 4 rings (SSSR count). The van der Waals surface area contributed by atoms with Crippen LogP contribution in [0.15, 0.2) is 84.9 Å². The number of carbonyl (C=O) groups is 2. The fraction of sp³-hybridized carbons (Fsp3) is 0.226. The predicted octanol–water partition coefficient (Wildman–Crippen LogP) is 6.16. The summed E-state index contributed by atoms with van der Waals surface area (Å²) in [6.45, 7) is 2.22. The minimum Gasteiger partial charge on any atom is -0.755 e. The van der Waals surface area contributed by atoms with E-state index in [1.807, 2.05) is 54.3 Å². The van der Waals surface area contributed by atoms with Crippen molar-refractivity contribution in [1.29, 1.82) is 0 Å². The number of hydrogen-bond donors (Lipinski definition) is 1. The first-order chi connectivity index (χ1) is 20.1. The van der Waals surface area contributed by atoms with Gasteiger partial charge in [-0.25, -0.2) is 4.79 Å². The predicted molar refractivity (Wildman–Crippen MR) is 163 cm³/mol. The Morgan fingerprint density at radius 2 is 1.60 bits per heavy atom. The summed E-state index contributed by atoms with van der Waals surface area (Å²) in [5.74, 6) is -1.51. The van der Waals surface area contributed by atoms with E-state index in [-0.39, 0.29) is 6.42 Å². The molecular weight excluding hydrogens is 580 g/mol. The Hall–Kier alpha value is -3.96. The van der Waals surface area contributed by atoms with Crippen molar-refractivity contribution in [2.24, 2.45) is 0 Å². The van der Waals surface area contributed by atoms with E-state index >= 15 is 0 Å². The van der Waals surface area contributed by atoms with E-state index in [1.54, 1.807) is 42.5 Å². The minimum absolute atomic E-state index is 0.103. The van der Waals surface area contributed by atoms with E-state index in [4.69, 9.17) is 21.1 Å². The Morgan fingerprint density at radius 1 is 0.952 bits per heavy atom. The molecule has 0 aliphatic rings. The number of benzene rings is 4. The molecule has 220 valence electrons. The summed E-state index contributed by atoms with van der Waals surface area (Å²) < 4.78 is 36.5. The normalized spacial score (nSPS) is 13.3. The molecule has 0 fully saturated rings. The number of anilines is 3. The summed E-state index contributed by atoms with van der Waals surface area (Å²) in [5.41, 5.74) is 2.90. The number of esters is 1. The molecular formula is C31H30ClN2O7S-. The van der Waals surface area contributed by atoms with Crippen molar-refractivity contribution in [3.05, 3.63) is 101 Å². The van der Waals surface area contributed by atoms with Crippen molar-refractivity contribution in [2.75, 3.05) is 23.4 Å². The van der Waals surface area contributed by atoms with Gasteiger partial charge in [0, 0.05) is 41.2 Å². The second-order valence-corrected chi connectivity index (χ2v) is 10.8. The molecule has 0 bridgehead atoms. The van der Waals surface area contributed by atoms with Crippen molar-refractivity contribution in [2.45, 2.75) is 32.0 Å². The number of carboxylic acids is 1. The molecule has 0 radical (unpaired) electrons. The maximum atomic E-state index is 12.6. The van der Waals surface area contributed by atoms with Gasteiger partial charge in [0.25, 0.3) is 0 Å². The lowest BCUT2D eigenvalue weighted by Crippen LogP contribution is -2.34. The number of fused-ring (bicyclic) bond motifs is 1. The lowest BCUT2D eigenvalue weighted by atomic mass is 10.0.